The second kappa shape index (κ2) is 10.2. The summed E-state index contributed by atoms with van der Waals surface area (Å²) in [5.41, 5.74) is 2.76. The fourth-order valence-corrected chi connectivity index (χ4v) is 6.00. The normalized spacial score (nSPS) is 22.0. The Bertz CT molecular complexity index is 1490. The first-order chi connectivity index (χ1) is 19.4. The third-order valence-electron chi connectivity index (χ3n) is 7.60. The van der Waals surface area contributed by atoms with Crippen molar-refractivity contribution in [2.45, 2.75) is 12.0 Å². The number of amides is 1. The first-order valence-corrected chi connectivity index (χ1v) is 13.0. The number of ether oxygens (including phenoxy) is 5. The number of fused-ring (bicyclic) bond motifs is 3. The number of esters is 1. The number of methoxy groups -OCH3 is 2. The van der Waals surface area contributed by atoms with Gasteiger partial charge in [-0.15, -0.1) is 0 Å². The highest BCUT2D eigenvalue weighted by Crippen LogP contribution is 2.55. The van der Waals surface area contributed by atoms with Gasteiger partial charge in [0.2, 0.25) is 12.5 Å². The minimum atomic E-state index is -0.614. The van der Waals surface area contributed by atoms with Crippen molar-refractivity contribution in [3.8, 4) is 28.7 Å². The highest BCUT2D eigenvalue weighted by Gasteiger charge is 2.53. The number of aromatic hydroxyl groups is 1. The number of phenolic OH excluding ortho intramolecular Hbond substituents is 1. The van der Waals surface area contributed by atoms with Gasteiger partial charge in [-0.25, -0.2) is 0 Å². The van der Waals surface area contributed by atoms with Crippen LogP contribution in [0.4, 0.5) is 0 Å². The van der Waals surface area contributed by atoms with E-state index in [1.165, 1.54) is 14.2 Å². The quantitative estimate of drug-likeness (QED) is 0.315. The van der Waals surface area contributed by atoms with E-state index in [0.717, 1.165) is 11.1 Å². The predicted molar refractivity (Wildman–Crippen MR) is 146 cm³/mol. The zero-order valence-corrected chi connectivity index (χ0v) is 22.4. The third kappa shape index (κ3) is 4.32. The topological polar surface area (TPSA) is 125 Å². The molecule has 6 rings (SSSR count). The molecule has 3 aliphatic rings. The standard InChI is InChI=1S/C29H26N2O8S/c1-35-21-8-15(9-22(36-2)26(21)32)23-16-10-19-20(39-13-38-19)11-17(16)25(18-12-37-28(34)24(18)23)30-29(40)31-27(33)14-6-4-3-5-7-14/h3-11,18,23-25,32H,12-13H2,1-2H3,(H2,30,31,33,40)/t18-,23+,24-,25+/m0/s1. The van der Waals surface area contributed by atoms with Crippen molar-refractivity contribution in [3.05, 3.63) is 76.9 Å². The maximum absolute atomic E-state index is 13.3. The summed E-state index contributed by atoms with van der Waals surface area (Å²) in [6.07, 6.45) is 0. The highest BCUT2D eigenvalue weighted by atomic mass is 32.1. The van der Waals surface area contributed by atoms with Gasteiger partial charge in [-0.2, -0.15) is 0 Å². The Hall–Kier alpha value is -4.51. The van der Waals surface area contributed by atoms with E-state index in [2.05, 4.69) is 10.6 Å². The summed E-state index contributed by atoms with van der Waals surface area (Å²) in [6, 6.07) is 15.4. The van der Waals surface area contributed by atoms with E-state index in [9.17, 15) is 14.7 Å². The van der Waals surface area contributed by atoms with Gasteiger partial charge in [0.25, 0.3) is 5.91 Å². The largest absolute Gasteiger partial charge is 0.502 e. The van der Waals surface area contributed by atoms with Crippen molar-refractivity contribution in [1.82, 2.24) is 10.6 Å². The first-order valence-electron chi connectivity index (χ1n) is 12.6. The molecule has 4 atom stereocenters. The molecule has 0 saturated carbocycles. The molecule has 3 aromatic rings. The minimum Gasteiger partial charge on any atom is -0.502 e. The summed E-state index contributed by atoms with van der Waals surface area (Å²) in [6.45, 7) is 0.218. The van der Waals surface area contributed by atoms with Crippen LogP contribution in [0, 0.1) is 11.8 Å². The van der Waals surface area contributed by atoms with E-state index in [0.29, 0.717) is 22.6 Å². The van der Waals surface area contributed by atoms with Gasteiger partial charge in [0.05, 0.1) is 32.8 Å². The van der Waals surface area contributed by atoms with Gasteiger partial charge in [0, 0.05) is 17.4 Å². The molecule has 10 nitrogen and oxygen atoms in total. The van der Waals surface area contributed by atoms with Crippen LogP contribution in [0.25, 0.3) is 0 Å². The Morgan fingerprint density at radius 1 is 0.975 bits per heavy atom. The number of benzene rings is 3. The van der Waals surface area contributed by atoms with Crippen LogP contribution in [0.3, 0.4) is 0 Å². The van der Waals surface area contributed by atoms with Crippen LogP contribution in [0.5, 0.6) is 28.7 Å². The van der Waals surface area contributed by atoms with Crippen LogP contribution in [0.15, 0.2) is 54.6 Å². The Morgan fingerprint density at radius 2 is 1.62 bits per heavy atom. The molecule has 11 heteroatoms. The SMILES string of the molecule is COc1cc([C@@H]2c3cc4c(cc3[C@@H](NC(=S)NC(=O)c3ccccc3)[C@H]3COC(=O)[C@H]23)OCO4)cc(OC)c1O. The molecule has 1 amide bonds. The van der Waals surface area contributed by atoms with Crippen LogP contribution >= 0.6 is 12.2 Å². The molecule has 1 fully saturated rings. The average molecular weight is 563 g/mol. The lowest BCUT2D eigenvalue weighted by Crippen LogP contribution is -2.47. The fourth-order valence-electron chi connectivity index (χ4n) is 5.78. The van der Waals surface area contributed by atoms with Crippen LogP contribution in [0.2, 0.25) is 0 Å². The molecule has 3 N–H and O–H groups in total. The number of hydrogen-bond donors (Lipinski definition) is 3. The van der Waals surface area contributed by atoms with Gasteiger partial charge in [0.15, 0.2) is 28.1 Å². The van der Waals surface area contributed by atoms with E-state index in [1.807, 2.05) is 18.2 Å². The van der Waals surface area contributed by atoms with Crippen molar-refractivity contribution in [2.75, 3.05) is 27.6 Å². The van der Waals surface area contributed by atoms with Crippen molar-refractivity contribution in [3.63, 3.8) is 0 Å². The van der Waals surface area contributed by atoms with Gasteiger partial charge >= 0.3 is 5.97 Å². The van der Waals surface area contributed by atoms with Gasteiger partial charge in [0.1, 0.15) is 0 Å². The summed E-state index contributed by atoms with van der Waals surface area (Å²) >= 11 is 5.55. The molecule has 0 unspecified atom stereocenters. The van der Waals surface area contributed by atoms with Gasteiger partial charge in [-0.1, -0.05) is 18.2 Å². The third-order valence-corrected chi connectivity index (χ3v) is 7.82. The van der Waals surface area contributed by atoms with Crippen LogP contribution in [-0.4, -0.2) is 49.7 Å². The number of rotatable bonds is 5. The fraction of sp³-hybridized carbons (Fsp3) is 0.276. The number of carbonyl (C=O) groups excluding carboxylic acids is 2. The summed E-state index contributed by atoms with van der Waals surface area (Å²) in [7, 11) is 2.89. The lowest BCUT2D eigenvalue weighted by molar-refractivity contribution is -0.141. The summed E-state index contributed by atoms with van der Waals surface area (Å²) < 4.78 is 27.8. The van der Waals surface area contributed by atoms with E-state index < -0.39 is 17.9 Å². The monoisotopic (exact) mass is 562 g/mol. The second-order valence-corrected chi connectivity index (χ2v) is 10.1. The minimum absolute atomic E-state index is 0.0717. The maximum Gasteiger partial charge on any atom is 0.310 e. The lowest BCUT2D eigenvalue weighted by atomic mass is 9.65. The summed E-state index contributed by atoms with van der Waals surface area (Å²) in [5, 5.41) is 16.7. The van der Waals surface area contributed by atoms with Crippen molar-refractivity contribution in [2.24, 2.45) is 11.8 Å². The van der Waals surface area contributed by atoms with E-state index in [1.54, 1.807) is 36.4 Å². The molecule has 2 heterocycles. The zero-order valence-electron chi connectivity index (χ0n) is 21.6. The molecule has 0 spiro atoms. The number of cyclic esters (lactones) is 1. The number of carbonyl (C=O) groups is 2. The van der Waals surface area contributed by atoms with E-state index >= 15 is 0 Å². The number of phenols is 1. The molecule has 2 aliphatic heterocycles. The molecular formula is C29H26N2O8S. The Balaban J connectivity index is 1.43. The van der Waals surface area contributed by atoms with Crippen molar-refractivity contribution in [1.29, 1.82) is 0 Å². The van der Waals surface area contributed by atoms with Crippen LogP contribution < -0.4 is 29.6 Å². The van der Waals surface area contributed by atoms with Crippen LogP contribution in [0.1, 0.15) is 39.0 Å². The first kappa shape index (κ1) is 25.8. The number of thiocarbonyl (C=S) groups is 1. The zero-order chi connectivity index (χ0) is 28.0. The molecule has 0 bridgehead atoms. The molecule has 0 aromatic heterocycles. The molecule has 1 aliphatic carbocycles. The van der Waals surface area contributed by atoms with E-state index in [-0.39, 0.29) is 53.6 Å². The maximum atomic E-state index is 13.3. The predicted octanol–water partition coefficient (Wildman–Crippen LogP) is 3.42. The molecule has 40 heavy (non-hydrogen) atoms. The molecule has 0 radical (unpaired) electrons. The summed E-state index contributed by atoms with van der Waals surface area (Å²) in [5.74, 6) is -0.767. The number of nitrogens with one attached hydrogen (secondary N) is 2. The van der Waals surface area contributed by atoms with E-state index in [4.69, 9.17) is 35.9 Å². The molecule has 3 aromatic carbocycles. The lowest BCUT2D eigenvalue weighted by Gasteiger charge is -2.40. The smallest absolute Gasteiger partial charge is 0.310 e. The molecular weight excluding hydrogens is 536 g/mol. The second-order valence-electron chi connectivity index (χ2n) is 9.68. The Labute approximate surface area is 235 Å². The Morgan fingerprint density at radius 3 is 2.27 bits per heavy atom. The Kier molecular flexibility index (Phi) is 6.59. The van der Waals surface area contributed by atoms with Crippen molar-refractivity contribution >= 4 is 29.2 Å². The van der Waals surface area contributed by atoms with Crippen LogP contribution in [-0.2, 0) is 9.53 Å². The number of hydrogen-bond acceptors (Lipinski definition) is 9. The van der Waals surface area contributed by atoms with Gasteiger partial charge < -0.3 is 34.1 Å². The summed E-state index contributed by atoms with van der Waals surface area (Å²) in [4.78, 5) is 26.0. The van der Waals surface area contributed by atoms with Crippen molar-refractivity contribution < 1.29 is 38.4 Å². The molecule has 206 valence electrons. The highest BCUT2D eigenvalue weighted by molar-refractivity contribution is 7.80. The average Bonchev–Trinajstić information content (AvgIpc) is 3.59. The van der Waals surface area contributed by atoms with Gasteiger partial charge in [-0.05, 0) is 65.3 Å². The molecule has 1 saturated heterocycles. The van der Waals surface area contributed by atoms with Gasteiger partial charge in [-0.3, -0.25) is 14.9 Å².